The molecule has 1 saturated carbocycles. The molecule has 2 rings (SSSR count). The van der Waals surface area contributed by atoms with E-state index in [0.717, 1.165) is 6.42 Å². The maximum absolute atomic E-state index is 11.3. The normalized spacial score (nSPS) is 16.6. The molecule has 0 aromatic carbocycles. The van der Waals surface area contributed by atoms with E-state index in [9.17, 15) is 20.0 Å². The molecular formula is C13H20N4O4. The van der Waals surface area contributed by atoms with Crippen LogP contribution in [-0.4, -0.2) is 32.3 Å². The van der Waals surface area contributed by atoms with Gasteiger partial charge in [-0.1, -0.05) is 20.3 Å². The Labute approximate surface area is 122 Å². The lowest BCUT2D eigenvalue weighted by Crippen LogP contribution is -2.43. The number of aliphatic carboxylic acids is 1. The average Bonchev–Trinajstić information content (AvgIpc) is 2.65. The Morgan fingerprint density at radius 3 is 2.57 bits per heavy atom. The first kappa shape index (κ1) is 15.3. The van der Waals surface area contributed by atoms with Crippen molar-refractivity contribution < 1.29 is 14.8 Å². The zero-order valence-electron chi connectivity index (χ0n) is 12.4. The van der Waals surface area contributed by atoms with E-state index >= 15 is 0 Å². The molecule has 2 N–H and O–H groups in total. The number of carboxylic acids is 1. The van der Waals surface area contributed by atoms with E-state index in [1.807, 2.05) is 13.8 Å². The third-order valence-electron chi connectivity index (χ3n) is 4.14. The minimum absolute atomic E-state index is 0.0626. The summed E-state index contributed by atoms with van der Waals surface area (Å²) in [5, 5.41) is 27.7. The van der Waals surface area contributed by atoms with Crippen LogP contribution in [0.15, 0.2) is 0 Å². The molecule has 1 aliphatic carbocycles. The fourth-order valence-corrected chi connectivity index (χ4v) is 2.62. The largest absolute Gasteiger partial charge is 0.481 e. The molecule has 0 spiro atoms. The molecule has 0 amide bonds. The minimum Gasteiger partial charge on any atom is -0.481 e. The van der Waals surface area contributed by atoms with Gasteiger partial charge in [0.25, 0.3) is 0 Å². The van der Waals surface area contributed by atoms with Crippen molar-refractivity contribution in [2.24, 2.45) is 12.5 Å². The second kappa shape index (κ2) is 5.34. The molecule has 0 radical (unpaired) electrons. The summed E-state index contributed by atoms with van der Waals surface area (Å²) in [7, 11) is 1.62. The Balaban J connectivity index is 2.28. The maximum atomic E-state index is 11.3. The first-order chi connectivity index (χ1) is 9.78. The lowest BCUT2D eigenvalue weighted by molar-refractivity contribution is -0.384. The Morgan fingerprint density at radius 2 is 2.19 bits per heavy atom. The zero-order valence-corrected chi connectivity index (χ0v) is 12.4. The predicted octanol–water partition coefficient (Wildman–Crippen LogP) is 2.12. The number of aryl methyl sites for hydroxylation is 1. The number of rotatable bonds is 6. The first-order valence-electron chi connectivity index (χ1n) is 6.97. The van der Waals surface area contributed by atoms with E-state index in [1.165, 1.54) is 4.68 Å². The highest BCUT2D eigenvalue weighted by Crippen LogP contribution is 2.42. The molecule has 1 aromatic rings. The summed E-state index contributed by atoms with van der Waals surface area (Å²) in [6.45, 7) is 3.85. The van der Waals surface area contributed by atoms with Crippen molar-refractivity contribution in [3.05, 3.63) is 15.8 Å². The van der Waals surface area contributed by atoms with Crippen LogP contribution in [0.5, 0.6) is 0 Å². The number of carbonyl (C=O) groups is 1. The fourth-order valence-electron chi connectivity index (χ4n) is 2.62. The van der Waals surface area contributed by atoms with Gasteiger partial charge in [0.1, 0.15) is 5.69 Å². The summed E-state index contributed by atoms with van der Waals surface area (Å²) in [4.78, 5) is 22.2. The Kier molecular flexibility index (Phi) is 3.89. The van der Waals surface area contributed by atoms with E-state index in [2.05, 4.69) is 10.4 Å². The Bertz CT molecular complexity index is 575. The van der Waals surface area contributed by atoms with Crippen LogP contribution >= 0.6 is 0 Å². The number of nitrogens with one attached hydrogen (secondary N) is 1. The third kappa shape index (κ3) is 2.57. The minimum atomic E-state index is -0.852. The molecule has 116 valence electrons. The smallest absolute Gasteiger partial charge is 0.334 e. The number of aromatic nitrogens is 2. The first-order valence-corrected chi connectivity index (χ1v) is 6.97. The highest BCUT2D eigenvalue weighted by Gasteiger charge is 2.45. The summed E-state index contributed by atoms with van der Waals surface area (Å²) >= 11 is 0. The van der Waals surface area contributed by atoms with Crippen LogP contribution in [0.3, 0.4) is 0 Å². The highest BCUT2D eigenvalue weighted by molar-refractivity contribution is 5.77. The van der Waals surface area contributed by atoms with Gasteiger partial charge in [-0.25, -0.2) is 4.68 Å². The van der Waals surface area contributed by atoms with Crippen LogP contribution in [0.2, 0.25) is 0 Å². The highest BCUT2D eigenvalue weighted by atomic mass is 16.6. The van der Waals surface area contributed by atoms with E-state index in [-0.39, 0.29) is 24.0 Å². The van der Waals surface area contributed by atoms with Gasteiger partial charge in [0.05, 0.1) is 10.3 Å². The van der Waals surface area contributed by atoms with E-state index < -0.39 is 16.3 Å². The number of anilines is 1. The second-order valence-electron chi connectivity index (χ2n) is 5.91. The fraction of sp³-hybridized carbons (Fsp3) is 0.692. The van der Waals surface area contributed by atoms with Crippen molar-refractivity contribution in [1.29, 1.82) is 0 Å². The predicted molar refractivity (Wildman–Crippen MR) is 76.4 cm³/mol. The van der Waals surface area contributed by atoms with Gasteiger partial charge in [-0.2, -0.15) is 5.10 Å². The van der Waals surface area contributed by atoms with Crippen molar-refractivity contribution >= 4 is 17.5 Å². The Hall–Kier alpha value is -2.12. The molecule has 1 aliphatic rings. The number of carboxylic acid groups (broad SMARTS) is 1. The SMILES string of the molecule is CC(C)c1nn(C)c(NCC2(C(=O)O)CCC2)c1[N+](=O)[O-]. The summed E-state index contributed by atoms with van der Waals surface area (Å²) in [5.74, 6) is -0.657. The Morgan fingerprint density at radius 1 is 1.57 bits per heavy atom. The summed E-state index contributed by atoms with van der Waals surface area (Å²) in [6, 6.07) is 0. The monoisotopic (exact) mass is 296 g/mol. The molecule has 0 unspecified atom stereocenters. The number of nitro groups is 1. The molecule has 1 aromatic heterocycles. The van der Waals surface area contributed by atoms with Crippen LogP contribution in [0.1, 0.15) is 44.7 Å². The molecule has 0 aliphatic heterocycles. The molecule has 0 atom stereocenters. The van der Waals surface area contributed by atoms with Crippen LogP contribution in [-0.2, 0) is 11.8 Å². The molecule has 1 fully saturated rings. The van der Waals surface area contributed by atoms with Crippen LogP contribution in [0, 0.1) is 15.5 Å². The topological polar surface area (TPSA) is 110 Å². The molecule has 0 saturated heterocycles. The van der Waals surface area contributed by atoms with Crippen molar-refractivity contribution in [2.45, 2.75) is 39.0 Å². The van der Waals surface area contributed by atoms with Crippen LogP contribution < -0.4 is 5.32 Å². The van der Waals surface area contributed by atoms with Gasteiger partial charge in [-0.15, -0.1) is 0 Å². The van der Waals surface area contributed by atoms with Crippen molar-refractivity contribution in [1.82, 2.24) is 9.78 Å². The number of hydrogen-bond acceptors (Lipinski definition) is 5. The quantitative estimate of drug-likeness (QED) is 0.614. The summed E-state index contributed by atoms with van der Waals surface area (Å²) < 4.78 is 1.42. The van der Waals surface area contributed by atoms with Crippen molar-refractivity contribution in [2.75, 3.05) is 11.9 Å². The molecule has 1 heterocycles. The molecule has 21 heavy (non-hydrogen) atoms. The third-order valence-corrected chi connectivity index (χ3v) is 4.14. The lowest BCUT2D eigenvalue weighted by atomic mass is 9.69. The van der Waals surface area contributed by atoms with Crippen LogP contribution in [0.4, 0.5) is 11.5 Å². The number of hydrogen-bond donors (Lipinski definition) is 2. The van der Waals surface area contributed by atoms with Crippen molar-refractivity contribution in [3.63, 3.8) is 0 Å². The van der Waals surface area contributed by atoms with Gasteiger partial charge < -0.3 is 10.4 Å². The summed E-state index contributed by atoms with van der Waals surface area (Å²) in [5.41, 5.74) is -0.466. The van der Waals surface area contributed by atoms with Gasteiger partial charge in [-0.3, -0.25) is 14.9 Å². The molecular weight excluding hydrogens is 276 g/mol. The summed E-state index contributed by atoms with van der Waals surface area (Å²) in [6.07, 6.45) is 2.06. The number of nitrogens with zero attached hydrogens (tertiary/aromatic N) is 3. The lowest BCUT2D eigenvalue weighted by Gasteiger charge is -2.37. The van der Waals surface area contributed by atoms with E-state index in [1.54, 1.807) is 7.05 Å². The van der Waals surface area contributed by atoms with E-state index in [4.69, 9.17) is 0 Å². The molecule has 8 nitrogen and oxygen atoms in total. The van der Waals surface area contributed by atoms with Crippen LogP contribution in [0.25, 0.3) is 0 Å². The molecule has 0 bridgehead atoms. The van der Waals surface area contributed by atoms with Gasteiger partial charge in [0.15, 0.2) is 0 Å². The molecule has 8 heteroatoms. The maximum Gasteiger partial charge on any atom is 0.334 e. The van der Waals surface area contributed by atoms with Crippen molar-refractivity contribution in [3.8, 4) is 0 Å². The van der Waals surface area contributed by atoms with Gasteiger partial charge >= 0.3 is 11.7 Å². The van der Waals surface area contributed by atoms with Gasteiger partial charge in [0, 0.05) is 19.5 Å². The van der Waals surface area contributed by atoms with Gasteiger partial charge in [-0.05, 0) is 12.8 Å². The average molecular weight is 296 g/mol. The second-order valence-corrected chi connectivity index (χ2v) is 5.91. The van der Waals surface area contributed by atoms with Gasteiger partial charge in [0.2, 0.25) is 5.82 Å². The van der Waals surface area contributed by atoms with E-state index in [0.29, 0.717) is 18.5 Å². The standard InChI is InChI=1S/C13H20N4O4/c1-8(2)9-10(17(20)21)11(16(3)15-9)14-7-13(12(18)19)5-4-6-13/h8,14H,4-7H2,1-3H3,(H,18,19). The zero-order chi connectivity index (χ0) is 15.8.